The lowest BCUT2D eigenvalue weighted by Gasteiger charge is -2.21. The van der Waals surface area contributed by atoms with E-state index in [9.17, 15) is 0 Å². The Bertz CT molecular complexity index is 389. The number of hydrogen-bond donors (Lipinski definition) is 1. The Morgan fingerprint density at radius 1 is 1.33 bits per heavy atom. The van der Waals surface area contributed by atoms with Gasteiger partial charge in [-0.15, -0.1) is 0 Å². The number of hydrogen-bond acceptors (Lipinski definition) is 1. The van der Waals surface area contributed by atoms with Crippen molar-refractivity contribution in [3.63, 3.8) is 0 Å². The van der Waals surface area contributed by atoms with Crippen LogP contribution in [-0.4, -0.2) is 13.1 Å². The molecule has 0 radical (unpaired) electrons. The zero-order valence-electron chi connectivity index (χ0n) is 11.5. The fourth-order valence-corrected chi connectivity index (χ4v) is 3.21. The predicted octanol–water partition coefficient (Wildman–Crippen LogP) is 4.53. The molecule has 0 bridgehead atoms. The van der Waals surface area contributed by atoms with Crippen LogP contribution in [0.25, 0.3) is 0 Å². The first-order chi connectivity index (χ1) is 8.72. The molecule has 0 aliphatic heterocycles. The normalized spacial score (nSPS) is 23.5. The fraction of sp³-hybridized carbons (Fsp3) is 0.625. The highest BCUT2D eigenvalue weighted by molar-refractivity contribution is 6.31. The van der Waals surface area contributed by atoms with Crippen molar-refractivity contribution >= 4 is 11.6 Å². The molecule has 1 aliphatic rings. The van der Waals surface area contributed by atoms with Gasteiger partial charge in [-0.2, -0.15) is 0 Å². The average molecular weight is 266 g/mol. The molecule has 1 fully saturated rings. The van der Waals surface area contributed by atoms with E-state index in [1.165, 1.54) is 36.8 Å². The molecule has 1 saturated carbocycles. The van der Waals surface area contributed by atoms with E-state index in [-0.39, 0.29) is 0 Å². The number of nitrogens with one attached hydrogen (secondary N) is 1. The van der Waals surface area contributed by atoms with Crippen LogP contribution in [0.2, 0.25) is 5.02 Å². The third-order valence-electron chi connectivity index (χ3n) is 4.12. The topological polar surface area (TPSA) is 12.0 Å². The number of rotatable bonds is 5. The van der Waals surface area contributed by atoms with E-state index in [1.807, 2.05) is 0 Å². The van der Waals surface area contributed by atoms with Crippen LogP contribution in [0.5, 0.6) is 0 Å². The smallest absolute Gasteiger partial charge is 0.0438 e. The lowest BCUT2D eigenvalue weighted by Crippen LogP contribution is -2.25. The maximum atomic E-state index is 6.25. The highest BCUT2D eigenvalue weighted by atomic mass is 35.5. The Hall–Kier alpha value is -0.530. The predicted molar refractivity (Wildman–Crippen MR) is 79.4 cm³/mol. The van der Waals surface area contributed by atoms with Crippen molar-refractivity contribution in [3.05, 3.63) is 34.3 Å². The summed E-state index contributed by atoms with van der Waals surface area (Å²) in [5.41, 5.74) is 2.62. The van der Waals surface area contributed by atoms with E-state index >= 15 is 0 Å². The molecule has 2 rings (SSSR count). The summed E-state index contributed by atoms with van der Waals surface area (Å²) in [5.74, 6) is 1.49. The summed E-state index contributed by atoms with van der Waals surface area (Å²) in [5, 5.41) is 4.49. The first kappa shape index (κ1) is 13.9. The summed E-state index contributed by atoms with van der Waals surface area (Å²) in [4.78, 5) is 0. The summed E-state index contributed by atoms with van der Waals surface area (Å²) < 4.78 is 0. The second-order valence-corrected chi connectivity index (χ2v) is 5.92. The maximum Gasteiger partial charge on any atom is 0.0438 e. The fourth-order valence-electron chi connectivity index (χ4n) is 3.02. The minimum absolute atomic E-state index is 0.701. The molecular formula is C16H24ClN. The molecule has 18 heavy (non-hydrogen) atoms. The molecule has 2 heteroatoms. The first-order valence-corrected chi connectivity index (χ1v) is 7.57. The Labute approximate surface area is 116 Å². The van der Waals surface area contributed by atoms with Gasteiger partial charge in [0, 0.05) is 5.02 Å². The second kappa shape index (κ2) is 6.58. The van der Waals surface area contributed by atoms with Crippen LogP contribution < -0.4 is 5.32 Å². The van der Waals surface area contributed by atoms with Gasteiger partial charge in [0.1, 0.15) is 0 Å². The van der Waals surface area contributed by atoms with E-state index in [0.29, 0.717) is 5.92 Å². The SMILES string of the molecule is CCCNCC1CCCC1c1ccc(C)c(Cl)c1. The van der Waals surface area contributed by atoms with E-state index in [4.69, 9.17) is 11.6 Å². The lowest BCUT2D eigenvalue weighted by molar-refractivity contribution is 0.444. The Kier molecular flexibility index (Phi) is 5.08. The molecule has 0 spiro atoms. The molecule has 1 aliphatic carbocycles. The van der Waals surface area contributed by atoms with Crippen LogP contribution in [0, 0.1) is 12.8 Å². The van der Waals surface area contributed by atoms with Crippen molar-refractivity contribution in [2.24, 2.45) is 5.92 Å². The average Bonchev–Trinajstić information content (AvgIpc) is 2.81. The van der Waals surface area contributed by atoms with Crippen molar-refractivity contribution < 1.29 is 0 Å². The van der Waals surface area contributed by atoms with Gasteiger partial charge in [0.15, 0.2) is 0 Å². The number of aryl methyl sites for hydroxylation is 1. The summed E-state index contributed by atoms with van der Waals surface area (Å²) >= 11 is 6.25. The zero-order chi connectivity index (χ0) is 13.0. The molecule has 1 aromatic rings. The van der Waals surface area contributed by atoms with Crippen LogP contribution in [0.15, 0.2) is 18.2 Å². The van der Waals surface area contributed by atoms with E-state index in [0.717, 1.165) is 24.0 Å². The Morgan fingerprint density at radius 3 is 2.89 bits per heavy atom. The highest BCUT2D eigenvalue weighted by Gasteiger charge is 2.28. The van der Waals surface area contributed by atoms with Crippen molar-refractivity contribution in [2.45, 2.75) is 45.4 Å². The summed E-state index contributed by atoms with van der Waals surface area (Å²) in [6.07, 6.45) is 5.24. The molecule has 0 aromatic heterocycles. The molecule has 0 amide bonds. The van der Waals surface area contributed by atoms with Crippen molar-refractivity contribution in [2.75, 3.05) is 13.1 Å². The summed E-state index contributed by atoms with van der Waals surface area (Å²) in [7, 11) is 0. The van der Waals surface area contributed by atoms with Gasteiger partial charge in [0.05, 0.1) is 0 Å². The van der Waals surface area contributed by atoms with Gasteiger partial charge in [0.25, 0.3) is 0 Å². The molecule has 0 heterocycles. The number of halogens is 1. The van der Waals surface area contributed by atoms with Gasteiger partial charge in [-0.05, 0) is 68.3 Å². The maximum absolute atomic E-state index is 6.25. The molecular weight excluding hydrogens is 242 g/mol. The molecule has 2 atom stereocenters. The largest absolute Gasteiger partial charge is 0.316 e. The lowest BCUT2D eigenvalue weighted by atomic mass is 9.88. The van der Waals surface area contributed by atoms with Gasteiger partial charge in [0.2, 0.25) is 0 Å². The zero-order valence-corrected chi connectivity index (χ0v) is 12.3. The van der Waals surface area contributed by atoms with Gasteiger partial charge < -0.3 is 5.32 Å². The van der Waals surface area contributed by atoms with Crippen molar-refractivity contribution in [3.8, 4) is 0 Å². The quantitative estimate of drug-likeness (QED) is 0.771. The minimum atomic E-state index is 0.701. The van der Waals surface area contributed by atoms with Crippen LogP contribution in [-0.2, 0) is 0 Å². The Morgan fingerprint density at radius 2 is 2.17 bits per heavy atom. The molecule has 2 unspecified atom stereocenters. The van der Waals surface area contributed by atoms with Crippen molar-refractivity contribution in [1.82, 2.24) is 5.32 Å². The van der Waals surface area contributed by atoms with E-state index in [1.54, 1.807) is 0 Å². The first-order valence-electron chi connectivity index (χ1n) is 7.19. The molecule has 0 saturated heterocycles. The van der Waals surface area contributed by atoms with E-state index in [2.05, 4.69) is 37.4 Å². The summed E-state index contributed by atoms with van der Waals surface area (Å²) in [6, 6.07) is 6.61. The standard InChI is InChI=1S/C16H24ClN/c1-3-9-18-11-14-5-4-6-15(14)13-8-7-12(2)16(17)10-13/h7-8,10,14-15,18H,3-6,9,11H2,1-2H3. The minimum Gasteiger partial charge on any atom is -0.316 e. The monoisotopic (exact) mass is 265 g/mol. The molecule has 1 nitrogen and oxygen atoms in total. The van der Waals surface area contributed by atoms with Gasteiger partial charge in [-0.3, -0.25) is 0 Å². The molecule has 100 valence electrons. The van der Waals surface area contributed by atoms with E-state index < -0.39 is 0 Å². The van der Waals surface area contributed by atoms with Crippen molar-refractivity contribution in [1.29, 1.82) is 0 Å². The molecule has 1 aromatic carbocycles. The van der Waals surface area contributed by atoms with Crippen LogP contribution >= 0.6 is 11.6 Å². The third kappa shape index (κ3) is 3.27. The third-order valence-corrected chi connectivity index (χ3v) is 4.52. The number of benzene rings is 1. The van der Waals surface area contributed by atoms with Crippen LogP contribution in [0.3, 0.4) is 0 Å². The Balaban J connectivity index is 2.03. The van der Waals surface area contributed by atoms with Crippen LogP contribution in [0.1, 0.15) is 49.7 Å². The molecule has 1 N–H and O–H groups in total. The van der Waals surface area contributed by atoms with Gasteiger partial charge in [-0.1, -0.05) is 37.1 Å². The second-order valence-electron chi connectivity index (χ2n) is 5.51. The van der Waals surface area contributed by atoms with Gasteiger partial charge in [-0.25, -0.2) is 0 Å². The van der Waals surface area contributed by atoms with Crippen LogP contribution in [0.4, 0.5) is 0 Å². The van der Waals surface area contributed by atoms with Gasteiger partial charge >= 0.3 is 0 Å². The highest BCUT2D eigenvalue weighted by Crippen LogP contribution is 2.40. The summed E-state index contributed by atoms with van der Waals surface area (Å²) in [6.45, 7) is 6.59.